The second kappa shape index (κ2) is 5.48. The van der Waals surface area contributed by atoms with Gasteiger partial charge in [0.05, 0.1) is 11.3 Å². The van der Waals surface area contributed by atoms with Crippen LogP contribution in [-0.4, -0.2) is 14.1 Å². The standard InChI is InChI=1S/C14H16N4O/c1-11-5-4-10-18(19)14(11)16-15-12-6-8-13(9-7-12)17(2)3/h4-10H,1-3H3. The molecule has 0 amide bonds. The molecule has 0 saturated heterocycles. The minimum absolute atomic E-state index is 0.319. The van der Waals surface area contributed by atoms with Gasteiger partial charge in [0.1, 0.15) is 5.69 Å². The van der Waals surface area contributed by atoms with Gasteiger partial charge in [-0.1, -0.05) is 0 Å². The first-order valence-electron chi connectivity index (χ1n) is 5.96. The lowest BCUT2D eigenvalue weighted by molar-refractivity contribution is -0.592. The van der Waals surface area contributed by atoms with Gasteiger partial charge in [-0.3, -0.25) is 0 Å². The number of anilines is 1. The van der Waals surface area contributed by atoms with Crippen molar-refractivity contribution in [1.82, 2.24) is 0 Å². The second-order valence-corrected chi connectivity index (χ2v) is 4.45. The molecule has 5 nitrogen and oxygen atoms in total. The minimum Gasteiger partial charge on any atom is -0.710 e. The molecule has 2 aromatic rings. The van der Waals surface area contributed by atoms with Crippen LogP contribution in [0, 0.1) is 12.1 Å². The molecule has 1 aromatic heterocycles. The molecule has 0 unspecified atom stereocenters. The fraction of sp³-hybridized carbons (Fsp3) is 0.214. The first-order chi connectivity index (χ1) is 9.08. The van der Waals surface area contributed by atoms with E-state index in [1.54, 1.807) is 6.07 Å². The zero-order valence-electron chi connectivity index (χ0n) is 11.2. The quantitative estimate of drug-likeness (QED) is 0.481. The van der Waals surface area contributed by atoms with Crippen LogP contribution in [0.1, 0.15) is 5.56 Å². The Kier molecular flexibility index (Phi) is 3.75. The molecule has 5 heteroatoms. The summed E-state index contributed by atoms with van der Waals surface area (Å²) in [6.45, 7) is 1.83. The van der Waals surface area contributed by atoms with Crippen LogP contribution in [0.25, 0.3) is 0 Å². The smallest absolute Gasteiger partial charge is 0.356 e. The molecule has 0 aliphatic rings. The van der Waals surface area contributed by atoms with Gasteiger partial charge in [0, 0.05) is 25.3 Å². The Morgan fingerprint density at radius 3 is 2.32 bits per heavy atom. The van der Waals surface area contributed by atoms with Crippen LogP contribution in [0.4, 0.5) is 17.2 Å². The van der Waals surface area contributed by atoms with Gasteiger partial charge in [-0.05, 0) is 48.4 Å². The van der Waals surface area contributed by atoms with Crippen LogP contribution in [0.15, 0.2) is 52.8 Å². The molecule has 2 rings (SSSR count). The maximum Gasteiger partial charge on any atom is 0.356 e. The zero-order chi connectivity index (χ0) is 13.8. The Balaban J connectivity index is 2.23. The first kappa shape index (κ1) is 13.0. The summed E-state index contributed by atoms with van der Waals surface area (Å²) in [5.74, 6) is 0.319. The number of rotatable bonds is 3. The maximum atomic E-state index is 11.6. The van der Waals surface area contributed by atoms with Gasteiger partial charge in [0.15, 0.2) is 0 Å². The van der Waals surface area contributed by atoms with Crippen LogP contribution >= 0.6 is 0 Å². The average molecular weight is 256 g/mol. The van der Waals surface area contributed by atoms with Gasteiger partial charge in [-0.15, -0.1) is 0 Å². The van der Waals surface area contributed by atoms with E-state index >= 15 is 0 Å². The van der Waals surface area contributed by atoms with Crippen molar-refractivity contribution in [3.05, 3.63) is 53.4 Å². The topological polar surface area (TPSA) is 54.9 Å². The van der Waals surface area contributed by atoms with Crippen LogP contribution in [0.2, 0.25) is 0 Å². The largest absolute Gasteiger partial charge is 0.710 e. The molecule has 0 aliphatic carbocycles. The molecule has 0 radical (unpaired) electrons. The van der Waals surface area contributed by atoms with Crippen molar-refractivity contribution >= 4 is 17.2 Å². The SMILES string of the molecule is Cc1ccc[n+]([O-])c1N=Nc1ccc(N(C)C)cc1. The number of benzene rings is 1. The van der Waals surface area contributed by atoms with Crippen molar-refractivity contribution in [2.45, 2.75) is 6.92 Å². The Bertz CT molecular complexity index is 571. The van der Waals surface area contributed by atoms with Crippen molar-refractivity contribution in [1.29, 1.82) is 0 Å². The number of hydrogen-bond donors (Lipinski definition) is 0. The number of aryl methyl sites for hydroxylation is 1. The molecule has 0 spiro atoms. The van der Waals surface area contributed by atoms with Gasteiger partial charge in [-0.25, -0.2) is 4.73 Å². The summed E-state index contributed by atoms with van der Waals surface area (Å²) < 4.78 is 0.715. The fourth-order valence-corrected chi connectivity index (χ4v) is 1.63. The molecule has 0 aliphatic heterocycles. The molecule has 1 aromatic carbocycles. The summed E-state index contributed by atoms with van der Waals surface area (Å²) in [5.41, 5.74) is 2.61. The Morgan fingerprint density at radius 1 is 1.05 bits per heavy atom. The number of nitrogens with zero attached hydrogens (tertiary/aromatic N) is 4. The molecule has 0 saturated carbocycles. The molecular weight excluding hydrogens is 240 g/mol. The number of pyridine rings is 1. The van der Waals surface area contributed by atoms with Crippen molar-refractivity contribution < 1.29 is 4.73 Å². The lowest BCUT2D eigenvalue weighted by Crippen LogP contribution is -2.25. The summed E-state index contributed by atoms with van der Waals surface area (Å²) in [6.07, 6.45) is 1.41. The Labute approximate surface area is 112 Å². The lowest BCUT2D eigenvalue weighted by Gasteiger charge is -2.11. The molecule has 0 bridgehead atoms. The predicted molar refractivity (Wildman–Crippen MR) is 75.1 cm³/mol. The van der Waals surface area contributed by atoms with E-state index in [4.69, 9.17) is 0 Å². The van der Waals surface area contributed by atoms with E-state index in [1.807, 2.05) is 56.3 Å². The van der Waals surface area contributed by atoms with Crippen LogP contribution < -0.4 is 9.63 Å². The number of azo groups is 1. The third-order valence-corrected chi connectivity index (χ3v) is 2.76. The van der Waals surface area contributed by atoms with Crippen molar-refractivity contribution in [3.63, 3.8) is 0 Å². The summed E-state index contributed by atoms with van der Waals surface area (Å²) in [5, 5.41) is 19.7. The fourth-order valence-electron chi connectivity index (χ4n) is 1.63. The second-order valence-electron chi connectivity index (χ2n) is 4.45. The van der Waals surface area contributed by atoms with Crippen LogP contribution in [0.3, 0.4) is 0 Å². The maximum absolute atomic E-state index is 11.6. The summed E-state index contributed by atoms with van der Waals surface area (Å²) in [6, 6.07) is 11.2. The predicted octanol–water partition coefficient (Wildman–Crippen LogP) is 3.11. The molecular formula is C14H16N4O. The minimum atomic E-state index is 0.319. The highest BCUT2D eigenvalue weighted by molar-refractivity contribution is 5.51. The van der Waals surface area contributed by atoms with Crippen LogP contribution in [-0.2, 0) is 0 Å². The van der Waals surface area contributed by atoms with Gasteiger partial charge in [0.25, 0.3) is 0 Å². The van der Waals surface area contributed by atoms with Crippen molar-refractivity contribution in [2.75, 3.05) is 19.0 Å². The molecule has 98 valence electrons. The van der Waals surface area contributed by atoms with E-state index in [2.05, 4.69) is 10.2 Å². The van der Waals surface area contributed by atoms with E-state index in [9.17, 15) is 5.21 Å². The summed E-state index contributed by atoms with van der Waals surface area (Å²) in [4.78, 5) is 2.01. The first-order valence-corrected chi connectivity index (χ1v) is 5.96. The molecule has 0 fully saturated rings. The Hall–Kier alpha value is -2.43. The monoisotopic (exact) mass is 256 g/mol. The van der Waals surface area contributed by atoms with E-state index in [0.717, 1.165) is 11.3 Å². The van der Waals surface area contributed by atoms with Crippen molar-refractivity contribution in [3.8, 4) is 0 Å². The van der Waals surface area contributed by atoms with Gasteiger partial charge >= 0.3 is 5.82 Å². The van der Waals surface area contributed by atoms with E-state index < -0.39 is 0 Å². The third kappa shape index (κ3) is 3.07. The van der Waals surface area contributed by atoms with E-state index in [1.165, 1.54) is 6.20 Å². The highest BCUT2D eigenvalue weighted by Crippen LogP contribution is 2.21. The molecule has 0 atom stereocenters. The van der Waals surface area contributed by atoms with Gasteiger partial charge in [0.2, 0.25) is 0 Å². The number of aromatic nitrogens is 1. The third-order valence-electron chi connectivity index (χ3n) is 2.76. The molecule has 0 N–H and O–H groups in total. The van der Waals surface area contributed by atoms with E-state index in [0.29, 0.717) is 16.2 Å². The highest BCUT2D eigenvalue weighted by atomic mass is 16.5. The summed E-state index contributed by atoms with van der Waals surface area (Å²) >= 11 is 0. The molecule has 19 heavy (non-hydrogen) atoms. The zero-order valence-corrected chi connectivity index (χ0v) is 11.2. The van der Waals surface area contributed by atoms with E-state index in [-0.39, 0.29) is 0 Å². The summed E-state index contributed by atoms with van der Waals surface area (Å²) in [7, 11) is 3.95. The highest BCUT2D eigenvalue weighted by Gasteiger charge is 2.08. The lowest BCUT2D eigenvalue weighted by atomic mass is 10.3. The average Bonchev–Trinajstić information content (AvgIpc) is 2.38. The van der Waals surface area contributed by atoms with Crippen molar-refractivity contribution in [2.24, 2.45) is 10.2 Å². The Morgan fingerprint density at radius 2 is 1.74 bits per heavy atom. The van der Waals surface area contributed by atoms with Gasteiger partial charge in [-0.2, -0.15) is 0 Å². The number of hydrogen-bond acceptors (Lipinski definition) is 4. The normalized spacial score (nSPS) is 10.9. The van der Waals surface area contributed by atoms with Crippen LogP contribution in [0.5, 0.6) is 0 Å². The molecule has 1 heterocycles. The van der Waals surface area contributed by atoms with Gasteiger partial charge < -0.3 is 10.1 Å².